The Morgan fingerprint density at radius 1 is 1.10 bits per heavy atom. The van der Waals surface area contributed by atoms with E-state index in [1.807, 2.05) is 11.0 Å². The molecule has 0 unspecified atom stereocenters. The molecular weight excluding hydrogens is 544 g/mol. The van der Waals surface area contributed by atoms with Crippen molar-refractivity contribution >= 4 is 34.4 Å². The first-order chi connectivity index (χ1) is 20.5. The van der Waals surface area contributed by atoms with Gasteiger partial charge >= 0.3 is 0 Å². The van der Waals surface area contributed by atoms with E-state index in [0.29, 0.717) is 66.0 Å². The van der Waals surface area contributed by atoms with Crippen LogP contribution >= 0.6 is 0 Å². The summed E-state index contributed by atoms with van der Waals surface area (Å²) in [5, 5.41) is 19.4. The van der Waals surface area contributed by atoms with E-state index in [1.54, 1.807) is 37.6 Å². The molecule has 1 aliphatic heterocycles. The molecule has 1 aliphatic rings. The Kier molecular flexibility index (Phi) is 7.00. The number of rotatable bonds is 8. The van der Waals surface area contributed by atoms with Crippen LogP contribution in [0.25, 0.3) is 28.1 Å². The van der Waals surface area contributed by atoms with E-state index in [4.69, 9.17) is 4.74 Å². The highest BCUT2D eigenvalue weighted by molar-refractivity contribution is 6.45. The largest absolute Gasteiger partial charge is 0.494 e. The van der Waals surface area contributed by atoms with Gasteiger partial charge in [0.15, 0.2) is 5.82 Å². The van der Waals surface area contributed by atoms with E-state index in [-0.39, 0.29) is 18.0 Å². The number of hydrogen-bond acceptors (Lipinski definition) is 11. The minimum atomic E-state index is -0.673. The first kappa shape index (κ1) is 26.5. The van der Waals surface area contributed by atoms with Gasteiger partial charge in [0.05, 0.1) is 29.8 Å². The van der Waals surface area contributed by atoms with Crippen molar-refractivity contribution in [2.45, 2.75) is 6.54 Å². The Bertz CT molecular complexity index is 1770. The summed E-state index contributed by atoms with van der Waals surface area (Å²) in [5.41, 5.74) is 1.60. The zero-order chi connectivity index (χ0) is 29.2. The number of nitrogens with one attached hydrogen (secondary N) is 2. The monoisotopic (exact) mass is 570 g/mol. The molecule has 0 aromatic carbocycles. The van der Waals surface area contributed by atoms with Crippen LogP contribution in [0.4, 0.5) is 5.95 Å². The maximum atomic E-state index is 13.5. The number of likely N-dealkylation sites (N-methyl/N-ethyl adjacent to an activating group) is 1. The number of aromatic amines is 1. The number of ether oxygens (including phenoxy) is 1. The highest BCUT2D eigenvalue weighted by atomic mass is 16.5. The Morgan fingerprint density at radius 2 is 1.93 bits per heavy atom. The van der Waals surface area contributed by atoms with Gasteiger partial charge in [-0.2, -0.15) is 9.78 Å². The van der Waals surface area contributed by atoms with E-state index in [9.17, 15) is 14.4 Å². The van der Waals surface area contributed by atoms with Crippen molar-refractivity contribution in [2.75, 3.05) is 45.2 Å². The third-order valence-corrected chi connectivity index (χ3v) is 6.97. The number of Topliss-reactive ketones (excluding diaryl/α,β-unsaturated/α-hetero) is 1. The number of methoxy groups -OCH3 is 1. The van der Waals surface area contributed by atoms with Crippen LogP contribution in [0.5, 0.6) is 5.75 Å². The average Bonchev–Trinajstić information content (AvgIpc) is 3.81. The standard InChI is InChI=1S/C26H26N12O4/c1-27-20(39)15-37-8-6-17(32-37)22-23-21(18(42-2)14-30-22)16(13-29-23)24(40)25(41)35-9-11-36(12-10-35)26-31-33-34-38(26)19-5-3-4-7-28-19/h3-8,13-14,29H,9-12,15H2,1-2H3,(H,27,39). The molecule has 1 fully saturated rings. The van der Waals surface area contributed by atoms with Gasteiger partial charge in [0.1, 0.15) is 23.7 Å². The van der Waals surface area contributed by atoms with Crippen molar-refractivity contribution in [3.63, 3.8) is 0 Å². The zero-order valence-electron chi connectivity index (χ0n) is 22.8. The summed E-state index contributed by atoms with van der Waals surface area (Å²) in [7, 11) is 3.02. The van der Waals surface area contributed by atoms with Crippen LogP contribution in [0.3, 0.4) is 0 Å². The summed E-state index contributed by atoms with van der Waals surface area (Å²) in [5.74, 6) is -0.0833. The fourth-order valence-corrected chi connectivity index (χ4v) is 4.82. The topological polar surface area (TPSA) is 182 Å². The molecule has 6 rings (SSSR count). The number of carbonyl (C=O) groups is 3. The summed E-state index contributed by atoms with van der Waals surface area (Å²) in [6.07, 6.45) is 6.28. The molecule has 0 spiro atoms. The Hall–Kier alpha value is -5.67. The molecule has 0 radical (unpaired) electrons. The molecule has 16 nitrogen and oxygen atoms in total. The molecule has 1 saturated heterocycles. The maximum absolute atomic E-state index is 13.5. The molecule has 0 atom stereocenters. The summed E-state index contributed by atoms with van der Waals surface area (Å²) in [6.45, 7) is 1.50. The summed E-state index contributed by atoms with van der Waals surface area (Å²) in [4.78, 5) is 54.0. The number of piperazine rings is 1. The van der Waals surface area contributed by atoms with Crippen LogP contribution < -0.4 is 15.0 Å². The highest BCUT2D eigenvalue weighted by Crippen LogP contribution is 2.34. The number of aromatic nitrogens is 9. The second kappa shape index (κ2) is 11.1. The zero-order valence-corrected chi connectivity index (χ0v) is 22.8. The molecule has 0 saturated carbocycles. The fourth-order valence-electron chi connectivity index (χ4n) is 4.82. The first-order valence-electron chi connectivity index (χ1n) is 13.0. The van der Waals surface area contributed by atoms with Gasteiger partial charge in [0, 0.05) is 51.8 Å². The SMILES string of the molecule is CNC(=O)Cn1ccc(-c2ncc(OC)c3c(C(=O)C(=O)N4CCN(c5nnnn5-c5ccccn5)CC4)c[nH]c23)n1. The number of anilines is 1. The van der Waals surface area contributed by atoms with Gasteiger partial charge in [0.25, 0.3) is 17.6 Å². The molecule has 6 heterocycles. The predicted octanol–water partition coefficient (Wildman–Crippen LogP) is 0.0832. The Labute approximate surface area is 238 Å². The van der Waals surface area contributed by atoms with Crippen LogP contribution in [-0.4, -0.2) is 108 Å². The van der Waals surface area contributed by atoms with Crippen LogP contribution in [0.1, 0.15) is 10.4 Å². The molecule has 2 N–H and O–H groups in total. The lowest BCUT2D eigenvalue weighted by molar-refractivity contribution is -0.126. The van der Waals surface area contributed by atoms with Crippen molar-refractivity contribution < 1.29 is 19.1 Å². The first-order valence-corrected chi connectivity index (χ1v) is 13.0. The second-order valence-electron chi connectivity index (χ2n) is 9.39. The third-order valence-electron chi connectivity index (χ3n) is 6.97. The number of fused-ring (bicyclic) bond motifs is 1. The molecule has 16 heteroatoms. The van der Waals surface area contributed by atoms with Gasteiger partial charge in [-0.3, -0.25) is 19.1 Å². The van der Waals surface area contributed by atoms with Gasteiger partial charge in [-0.1, -0.05) is 11.2 Å². The van der Waals surface area contributed by atoms with Crippen LogP contribution in [-0.2, 0) is 16.1 Å². The lowest BCUT2D eigenvalue weighted by Gasteiger charge is -2.34. The van der Waals surface area contributed by atoms with Gasteiger partial charge in [-0.25, -0.2) is 9.97 Å². The number of ketones is 1. The summed E-state index contributed by atoms with van der Waals surface area (Å²) < 4.78 is 8.52. The van der Waals surface area contributed by atoms with E-state index >= 15 is 0 Å². The van der Waals surface area contributed by atoms with Crippen molar-refractivity contribution in [2.24, 2.45) is 0 Å². The summed E-state index contributed by atoms with van der Waals surface area (Å²) >= 11 is 0. The second-order valence-corrected chi connectivity index (χ2v) is 9.39. The van der Waals surface area contributed by atoms with E-state index in [2.05, 4.69) is 40.9 Å². The van der Waals surface area contributed by atoms with E-state index < -0.39 is 11.7 Å². The van der Waals surface area contributed by atoms with Crippen LogP contribution in [0, 0.1) is 0 Å². The van der Waals surface area contributed by atoms with Crippen molar-refractivity contribution in [3.8, 4) is 23.0 Å². The number of amides is 2. The lowest BCUT2D eigenvalue weighted by atomic mass is 10.1. The molecule has 42 heavy (non-hydrogen) atoms. The Balaban J connectivity index is 1.21. The van der Waals surface area contributed by atoms with Gasteiger partial charge < -0.3 is 24.8 Å². The number of pyridine rings is 2. The molecule has 5 aromatic rings. The minimum absolute atomic E-state index is 0.0457. The van der Waals surface area contributed by atoms with Crippen molar-refractivity contribution in [3.05, 3.63) is 54.6 Å². The quantitative estimate of drug-likeness (QED) is 0.190. The predicted molar refractivity (Wildman–Crippen MR) is 148 cm³/mol. The molecule has 2 amide bonds. The van der Waals surface area contributed by atoms with Crippen LogP contribution in [0.15, 0.2) is 49.1 Å². The van der Waals surface area contributed by atoms with Crippen molar-refractivity contribution in [1.29, 1.82) is 0 Å². The number of tetrazole rings is 1. The van der Waals surface area contributed by atoms with E-state index in [0.717, 1.165) is 0 Å². The normalized spacial score (nSPS) is 13.4. The van der Waals surface area contributed by atoms with Gasteiger partial charge in [0.2, 0.25) is 5.91 Å². The number of nitrogens with zero attached hydrogens (tertiary/aromatic N) is 10. The maximum Gasteiger partial charge on any atom is 0.295 e. The highest BCUT2D eigenvalue weighted by Gasteiger charge is 2.31. The number of H-pyrrole nitrogens is 1. The minimum Gasteiger partial charge on any atom is -0.494 e. The smallest absolute Gasteiger partial charge is 0.295 e. The molecular formula is C26H26N12O4. The van der Waals surface area contributed by atoms with Crippen LogP contribution in [0.2, 0.25) is 0 Å². The molecule has 0 aliphatic carbocycles. The van der Waals surface area contributed by atoms with E-state index in [1.165, 1.54) is 33.8 Å². The number of carbonyl (C=O) groups excluding carboxylic acids is 3. The van der Waals surface area contributed by atoms with Gasteiger partial charge in [-0.15, -0.1) is 0 Å². The molecule has 0 bridgehead atoms. The molecule has 214 valence electrons. The van der Waals surface area contributed by atoms with Crippen molar-refractivity contribution in [1.82, 2.24) is 55.2 Å². The third kappa shape index (κ3) is 4.78. The lowest BCUT2D eigenvalue weighted by Crippen LogP contribution is -2.51. The fraction of sp³-hybridized carbons (Fsp3) is 0.269. The van der Waals surface area contributed by atoms with Gasteiger partial charge in [-0.05, 0) is 28.6 Å². The Morgan fingerprint density at radius 3 is 2.67 bits per heavy atom. The molecule has 5 aromatic heterocycles. The average molecular weight is 571 g/mol. The number of hydrogen-bond donors (Lipinski definition) is 2. The summed E-state index contributed by atoms with van der Waals surface area (Å²) in [6, 6.07) is 7.16.